The molecule has 58 valence electrons. The number of carbonyl (C=O) groups excluding carboxylic acids is 2. The first-order valence-corrected chi connectivity index (χ1v) is 3.32. The molecule has 0 amide bonds. The van der Waals surface area contributed by atoms with Gasteiger partial charge in [0.2, 0.25) is 0 Å². The summed E-state index contributed by atoms with van der Waals surface area (Å²) < 4.78 is 4.60. The zero-order chi connectivity index (χ0) is 8.27. The number of rotatable bonds is 2. The highest BCUT2D eigenvalue weighted by atomic mass is 16.5. The molecule has 0 N–H and O–H groups in total. The molecular formula is C8H8O3. The first-order chi connectivity index (χ1) is 5.25. The second-order valence-corrected chi connectivity index (χ2v) is 2.26. The maximum atomic E-state index is 11.0. The molecule has 11 heavy (non-hydrogen) atoms. The van der Waals surface area contributed by atoms with Gasteiger partial charge in [-0.1, -0.05) is 6.58 Å². The van der Waals surface area contributed by atoms with Gasteiger partial charge in [-0.25, -0.2) is 0 Å². The summed E-state index contributed by atoms with van der Waals surface area (Å²) in [5.41, 5.74) is 2.33. The summed E-state index contributed by atoms with van der Waals surface area (Å²) in [6.07, 6.45) is 1.66. The van der Waals surface area contributed by atoms with Gasteiger partial charge in [0.1, 0.15) is 5.92 Å². The lowest BCUT2D eigenvalue weighted by Crippen LogP contribution is -2.16. The van der Waals surface area contributed by atoms with Gasteiger partial charge >= 0.3 is 5.97 Å². The normalized spacial score (nSPS) is 22.2. The van der Waals surface area contributed by atoms with E-state index in [-0.39, 0.29) is 5.78 Å². The SMILES string of the molecule is C=C=CC(=O)C1CCOC1=O. The van der Waals surface area contributed by atoms with Crippen molar-refractivity contribution >= 4 is 11.8 Å². The summed E-state index contributed by atoms with van der Waals surface area (Å²) in [7, 11) is 0. The monoisotopic (exact) mass is 152 g/mol. The molecule has 1 aliphatic heterocycles. The van der Waals surface area contributed by atoms with Gasteiger partial charge < -0.3 is 4.74 Å². The van der Waals surface area contributed by atoms with Crippen molar-refractivity contribution in [2.24, 2.45) is 5.92 Å². The topological polar surface area (TPSA) is 43.4 Å². The van der Waals surface area contributed by atoms with E-state index in [2.05, 4.69) is 17.0 Å². The Hall–Kier alpha value is -1.34. The Morgan fingerprint density at radius 2 is 2.55 bits per heavy atom. The molecular weight excluding hydrogens is 144 g/mol. The predicted octanol–water partition coefficient (Wildman–Crippen LogP) is 0.460. The number of cyclic esters (lactones) is 1. The summed E-state index contributed by atoms with van der Waals surface area (Å²) in [6.45, 7) is 3.59. The minimum Gasteiger partial charge on any atom is -0.465 e. The van der Waals surface area contributed by atoms with Gasteiger partial charge in [-0.3, -0.25) is 9.59 Å². The zero-order valence-corrected chi connectivity index (χ0v) is 6.00. The highest BCUT2D eigenvalue weighted by molar-refractivity contribution is 6.05. The average molecular weight is 152 g/mol. The van der Waals surface area contributed by atoms with Crippen LogP contribution in [0.5, 0.6) is 0 Å². The summed E-state index contributed by atoms with van der Waals surface area (Å²) in [4.78, 5) is 21.8. The van der Waals surface area contributed by atoms with E-state index in [9.17, 15) is 9.59 Å². The summed E-state index contributed by atoms with van der Waals surface area (Å²) in [6, 6.07) is 0. The van der Waals surface area contributed by atoms with E-state index < -0.39 is 11.9 Å². The maximum Gasteiger partial charge on any atom is 0.316 e. The van der Waals surface area contributed by atoms with E-state index in [0.717, 1.165) is 0 Å². The fraction of sp³-hybridized carbons (Fsp3) is 0.375. The molecule has 1 atom stereocenters. The van der Waals surface area contributed by atoms with Crippen LogP contribution in [0.2, 0.25) is 0 Å². The number of carbonyl (C=O) groups is 2. The first kappa shape index (κ1) is 7.76. The Labute approximate surface area is 64.3 Å². The summed E-state index contributed by atoms with van der Waals surface area (Å²) in [5.74, 6) is -1.30. The molecule has 1 unspecified atom stereocenters. The molecule has 1 rings (SSSR count). The van der Waals surface area contributed by atoms with Crippen molar-refractivity contribution < 1.29 is 14.3 Å². The number of allylic oxidation sites excluding steroid dienone is 1. The third-order valence-electron chi connectivity index (χ3n) is 1.52. The number of ether oxygens (including phenoxy) is 1. The Balaban J connectivity index is 2.67. The minimum atomic E-state index is -0.607. The Bertz CT molecular complexity index is 236. The lowest BCUT2D eigenvalue weighted by atomic mass is 10.0. The molecule has 3 heteroatoms. The Morgan fingerprint density at radius 3 is 3.00 bits per heavy atom. The fourth-order valence-electron chi connectivity index (χ4n) is 0.955. The van der Waals surface area contributed by atoms with Crippen molar-refractivity contribution in [3.63, 3.8) is 0 Å². The lowest BCUT2D eigenvalue weighted by Gasteiger charge is -1.96. The van der Waals surface area contributed by atoms with E-state index in [1.165, 1.54) is 6.08 Å². The molecule has 0 radical (unpaired) electrons. The highest BCUT2D eigenvalue weighted by Gasteiger charge is 2.31. The second-order valence-electron chi connectivity index (χ2n) is 2.26. The fourth-order valence-corrected chi connectivity index (χ4v) is 0.955. The molecule has 0 aromatic heterocycles. The standard InChI is InChI=1S/C8H8O3/c1-2-3-7(9)6-4-5-11-8(6)10/h3,6H,1,4-5H2. The lowest BCUT2D eigenvalue weighted by molar-refractivity contribution is -0.143. The molecule has 1 saturated heterocycles. The molecule has 0 aliphatic carbocycles. The van der Waals surface area contributed by atoms with E-state index in [0.29, 0.717) is 13.0 Å². The Kier molecular flexibility index (Phi) is 2.24. The van der Waals surface area contributed by atoms with E-state index >= 15 is 0 Å². The number of ketones is 1. The van der Waals surface area contributed by atoms with Gasteiger partial charge in [-0.05, 0) is 0 Å². The molecule has 0 aromatic rings. The molecule has 3 nitrogen and oxygen atoms in total. The molecule has 1 aliphatic rings. The van der Waals surface area contributed by atoms with Gasteiger partial charge in [0.05, 0.1) is 6.61 Å². The van der Waals surface area contributed by atoms with Gasteiger partial charge in [-0.2, -0.15) is 0 Å². The van der Waals surface area contributed by atoms with Crippen LogP contribution in [0.25, 0.3) is 0 Å². The van der Waals surface area contributed by atoms with Crippen LogP contribution in [-0.2, 0) is 14.3 Å². The average Bonchev–Trinajstić information content (AvgIpc) is 2.36. The quantitative estimate of drug-likeness (QED) is 0.250. The summed E-state index contributed by atoms with van der Waals surface area (Å²) in [5, 5.41) is 0. The van der Waals surface area contributed by atoms with E-state index in [4.69, 9.17) is 0 Å². The molecule has 1 heterocycles. The van der Waals surface area contributed by atoms with E-state index in [1.54, 1.807) is 0 Å². The first-order valence-electron chi connectivity index (χ1n) is 3.32. The van der Waals surface area contributed by atoms with Crippen LogP contribution in [0.15, 0.2) is 18.4 Å². The van der Waals surface area contributed by atoms with Gasteiger partial charge in [-0.15, -0.1) is 5.73 Å². The van der Waals surface area contributed by atoms with Crippen LogP contribution >= 0.6 is 0 Å². The van der Waals surface area contributed by atoms with E-state index in [1.807, 2.05) is 0 Å². The van der Waals surface area contributed by atoms with Crippen LogP contribution in [-0.4, -0.2) is 18.4 Å². The predicted molar refractivity (Wildman–Crippen MR) is 37.8 cm³/mol. The van der Waals surface area contributed by atoms with Crippen molar-refractivity contribution in [1.82, 2.24) is 0 Å². The molecule has 0 spiro atoms. The molecule has 0 aromatic carbocycles. The van der Waals surface area contributed by atoms with Crippen molar-refractivity contribution in [2.75, 3.05) is 6.61 Å². The minimum absolute atomic E-state index is 0.262. The number of esters is 1. The van der Waals surface area contributed by atoms with Crippen LogP contribution in [0.3, 0.4) is 0 Å². The van der Waals surface area contributed by atoms with Crippen molar-refractivity contribution in [2.45, 2.75) is 6.42 Å². The van der Waals surface area contributed by atoms with Crippen LogP contribution < -0.4 is 0 Å². The third-order valence-corrected chi connectivity index (χ3v) is 1.52. The summed E-state index contributed by atoms with van der Waals surface area (Å²) >= 11 is 0. The van der Waals surface area contributed by atoms with Crippen molar-refractivity contribution in [3.05, 3.63) is 18.4 Å². The number of hydrogen-bond acceptors (Lipinski definition) is 3. The maximum absolute atomic E-state index is 11.0. The number of hydrogen-bond donors (Lipinski definition) is 0. The van der Waals surface area contributed by atoms with Gasteiger partial charge in [0.25, 0.3) is 0 Å². The van der Waals surface area contributed by atoms with Gasteiger partial charge in [0, 0.05) is 12.5 Å². The smallest absolute Gasteiger partial charge is 0.316 e. The van der Waals surface area contributed by atoms with Crippen molar-refractivity contribution in [1.29, 1.82) is 0 Å². The third kappa shape index (κ3) is 1.57. The zero-order valence-electron chi connectivity index (χ0n) is 6.00. The van der Waals surface area contributed by atoms with Crippen LogP contribution in [0.4, 0.5) is 0 Å². The molecule has 0 bridgehead atoms. The van der Waals surface area contributed by atoms with Crippen molar-refractivity contribution in [3.8, 4) is 0 Å². The Morgan fingerprint density at radius 1 is 1.82 bits per heavy atom. The molecule has 1 fully saturated rings. The van der Waals surface area contributed by atoms with Crippen LogP contribution in [0.1, 0.15) is 6.42 Å². The largest absolute Gasteiger partial charge is 0.465 e. The highest BCUT2D eigenvalue weighted by Crippen LogP contribution is 2.15. The van der Waals surface area contributed by atoms with Crippen LogP contribution in [0, 0.1) is 5.92 Å². The molecule has 0 saturated carbocycles. The second kappa shape index (κ2) is 3.17. The van der Waals surface area contributed by atoms with Gasteiger partial charge in [0.15, 0.2) is 5.78 Å².